The van der Waals surface area contributed by atoms with Gasteiger partial charge in [0.15, 0.2) is 0 Å². The summed E-state index contributed by atoms with van der Waals surface area (Å²) in [4.78, 5) is 11.5. The van der Waals surface area contributed by atoms with Gasteiger partial charge in [0, 0.05) is 16.9 Å². The van der Waals surface area contributed by atoms with E-state index in [1.807, 2.05) is 20.8 Å². The van der Waals surface area contributed by atoms with Crippen LogP contribution >= 0.6 is 11.8 Å². The standard InChI is InChI=1S/C9H17NO2S/c1-9(2,3)8(12)10-6-4-13-5-7(6)11/h6-7,11H,4-5H2,1-3H3,(H,10,12). The number of hydrogen-bond acceptors (Lipinski definition) is 3. The number of carbonyl (C=O) groups excluding carboxylic acids is 1. The first-order valence-corrected chi connectivity index (χ1v) is 5.63. The first-order chi connectivity index (χ1) is 5.91. The van der Waals surface area contributed by atoms with Crippen molar-refractivity contribution in [3.8, 4) is 0 Å². The van der Waals surface area contributed by atoms with Crippen LogP contribution in [0.1, 0.15) is 20.8 Å². The van der Waals surface area contributed by atoms with Gasteiger partial charge in [-0.1, -0.05) is 20.8 Å². The molecule has 0 saturated carbocycles. The molecule has 1 heterocycles. The van der Waals surface area contributed by atoms with E-state index in [1.54, 1.807) is 11.8 Å². The maximum atomic E-state index is 11.5. The van der Waals surface area contributed by atoms with Gasteiger partial charge in [0.1, 0.15) is 0 Å². The van der Waals surface area contributed by atoms with Crippen molar-refractivity contribution in [2.45, 2.75) is 32.9 Å². The Morgan fingerprint density at radius 1 is 1.46 bits per heavy atom. The SMILES string of the molecule is CC(C)(C)C(=O)NC1CSCC1O. The van der Waals surface area contributed by atoms with Crippen LogP contribution in [0.15, 0.2) is 0 Å². The maximum absolute atomic E-state index is 11.5. The van der Waals surface area contributed by atoms with Crippen molar-refractivity contribution in [2.75, 3.05) is 11.5 Å². The number of rotatable bonds is 1. The van der Waals surface area contributed by atoms with Gasteiger partial charge in [-0.3, -0.25) is 4.79 Å². The highest BCUT2D eigenvalue weighted by Gasteiger charge is 2.30. The summed E-state index contributed by atoms with van der Waals surface area (Å²) >= 11 is 1.68. The second-order valence-corrected chi connectivity index (χ2v) is 5.51. The van der Waals surface area contributed by atoms with Crippen molar-refractivity contribution in [3.05, 3.63) is 0 Å². The molecule has 1 rings (SSSR count). The van der Waals surface area contributed by atoms with E-state index in [0.29, 0.717) is 0 Å². The highest BCUT2D eigenvalue weighted by atomic mass is 32.2. The summed E-state index contributed by atoms with van der Waals surface area (Å²) in [5.41, 5.74) is -0.368. The number of aliphatic hydroxyl groups excluding tert-OH is 1. The van der Waals surface area contributed by atoms with Gasteiger partial charge < -0.3 is 10.4 Å². The molecule has 3 nitrogen and oxygen atoms in total. The normalized spacial score (nSPS) is 28.9. The average Bonchev–Trinajstić information content (AvgIpc) is 2.34. The van der Waals surface area contributed by atoms with Crippen LogP contribution < -0.4 is 5.32 Å². The monoisotopic (exact) mass is 203 g/mol. The molecule has 0 radical (unpaired) electrons. The second kappa shape index (κ2) is 3.88. The molecule has 1 amide bonds. The number of carbonyl (C=O) groups is 1. The predicted molar refractivity (Wildman–Crippen MR) is 54.7 cm³/mol. The molecule has 0 aromatic rings. The Morgan fingerprint density at radius 3 is 2.46 bits per heavy atom. The summed E-state index contributed by atoms with van der Waals surface area (Å²) in [7, 11) is 0. The summed E-state index contributed by atoms with van der Waals surface area (Å²) in [6.07, 6.45) is -0.378. The molecule has 13 heavy (non-hydrogen) atoms. The molecular formula is C9H17NO2S. The van der Waals surface area contributed by atoms with E-state index in [9.17, 15) is 9.90 Å². The van der Waals surface area contributed by atoms with Gasteiger partial charge in [0.25, 0.3) is 0 Å². The molecule has 4 heteroatoms. The number of amides is 1. The van der Waals surface area contributed by atoms with Crippen LogP contribution in [0.25, 0.3) is 0 Å². The van der Waals surface area contributed by atoms with Crippen LogP contribution in [0.4, 0.5) is 0 Å². The van der Waals surface area contributed by atoms with Crippen molar-refractivity contribution in [2.24, 2.45) is 5.41 Å². The number of aliphatic hydroxyl groups is 1. The molecule has 1 aliphatic rings. The fraction of sp³-hybridized carbons (Fsp3) is 0.889. The van der Waals surface area contributed by atoms with E-state index in [2.05, 4.69) is 5.32 Å². The van der Waals surface area contributed by atoms with Crippen molar-refractivity contribution in [1.29, 1.82) is 0 Å². The first-order valence-electron chi connectivity index (χ1n) is 4.48. The van der Waals surface area contributed by atoms with Crippen LogP contribution in [0.2, 0.25) is 0 Å². The lowest BCUT2D eigenvalue weighted by atomic mass is 9.95. The maximum Gasteiger partial charge on any atom is 0.225 e. The van der Waals surface area contributed by atoms with Crippen molar-refractivity contribution in [1.82, 2.24) is 5.32 Å². The lowest BCUT2D eigenvalue weighted by molar-refractivity contribution is -0.129. The third-order valence-electron chi connectivity index (χ3n) is 2.05. The van der Waals surface area contributed by atoms with Crippen molar-refractivity contribution in [3.63, 3.8) is 0 Å². The second-order valence-electron chi connectivity index (χ2n) is 4.43. The summed E-state index contributed by atoms with van der Waals surface area (Å²) in [5.74, 6) is 1.57. The van der Waals surface area contributed by atoms with Crippen molar-refractivity contribution < 1.29 is 9.90 Å². The van der Waals surface area contributed by atoms with Gasteiger partial charge in [-0.25, -0.2) is 0 Å². The Balaban J connectivity index is 2.45. The third-order valence-corrected chi connectivity index (χ3v) is 3.22. The number of hydrogen-bond donors (Lipinski definition) is 2. The fourth-order valence-electron chi connectivity index (χ4n) is 1.07. The Morgan fingerprint density at radius 2 is 2.08 bits per heavy atom. The lowest BCUT2D eigenvalue weighted by Gasteiger charge is -2.22. The first kappa shape index (κ1) is 10.9. The van der Waals surface area contributed by atoms with E-state index >= 15 is 0 Å². The summed E-state index contributed by atoms with van der Waals surface area (Å²) in [6.45, 7) is 5.62. The van der Waals surface area contributed by atoms with Gasteiger partial charge in [-0.05, 0) is 0 Å². The zero-order valence-corrected chi connectivity index (χ0v) is 9.15. The minimum Gasteiger partial charge on any atom is -0.390 e. The van der Waals surface area contributed by atoms with Gasteiger partial charge in [0.05, 0.1) is 12.1 Å². The summed E-state index contributed by atoms with van der Waals surface area (Å²) < 4.78 is 0. The molecule has 0 bridgehead atoms. The predicted octanol–water partition coefficient (Wildman–Crippen LogP) is 0.625. The minimum absolute atomic E-state index is 0.0130. The Bertz CT molecular complexity index is 200. The Hall–Kier alpha value is -0.220. The molecule has 0 spiro atoms. The van der Waals surface area contributed by atoms with E-state index in [1.165, 1.54) is 0 Å². The van der Waals surface area contributed by atoms with Gasteiger partial charge in [-0.15, -0.1) is 0 Å². The van der Waals surface area contributed by atoms with E-state index in [0.717, 1.165) is 11.5 Å². The third kappa shape index (κ3) is 2.88. The quantitative estimate of drug-likeness (QED) is 0.657. The van der Waals surface area contributed by atoms with E-state index in [4.69, 9.17) is 0 Å². The molecule has 0 aliphatic carbocycles. The average molecular weight is 203 g/mol. The number of thioether (sulfide) groups is 1. The summed E-state index contributed by atoms with van der Waals surface area (Å²) in [6, 6.07) is -0.0586. The topological polar surface area (TPSA) is 49.3 Å². The van der Waals surface area contributed by atoms with Crippen LogP contribution in [0.3, 0.4) is 0 Å². The number of nitrogens with one attached hydrogen (secondary N) is 1. The molecule has 2 unspecified atom stereocenters. The largest absolute Gasteiger partial charge is 0.390 e. The van der Waals surface area contributed by atoms with Crippen LogP contribution in [0.5, 0.6) is 0 Å². The van der Waals surface area contributed by atoms with E-state index < -0.39 is 0 Å². The Labute approximate surface area is 83.3 Å². The molecule has 1 aliphatic heterocycles. The zero-order chi connectivity index (χ0) is 10.1. The molecule has 0 aromatic carbocycles. The van der Waals surface area contributed by atoms with Crippen LogP contribution in [-0.2, 0) is 4.79 Å². The molecule has 76 valence electrons. The van der Waals surface area contributed by atoms with Gasteiger partial charge >= 0.3 is 0 Å². The molecule has 1 fully saturated rings. The molecule has 1 saturated heterocycles. The highest BCUT2D eigenvalue weighted by molar-refractivity contribution is 7.99. The summed E-state index contributed by atoms with van der Waals surface area (Å²) in [5, 5.41) is 12.3. The lowest BCUT2D eigenvalue weighted by Crippen LogP contribution is -2.46. The molecule has 0 aromatic heterocycles. The van der Waals surface area contributed by atoms with Gasteiger partial charge in [-0.2, -0.15) is 11.8 Å². The molecular weight excluding hydrogens is 186 g/mol. The zero-order valence-electron chi connectivity index (χ0n) is 8.33. The van der Waals surface area contributed by atoms with Gasteiger partial charge in [0.2, 0.25) is 5.91 Å². The Kier molecular flexibility index (Phi) is 3.24. The van der Waals surface area contributed by atoms with Crippen LogP contribution in [-0.4, -0.2) is 34.7 Å². The fourth-order valence-corrected chi connectivity index (χ4v) is 2.24. The molecule has 2 atom stereocenters. The smallest absolute Gasteiger partial charge is 0.225 e. The molecule has 2 N–H and O–H groups in total. The minimum atomic E-state index is -0.378. The van der Waals surface area contributed by atoms with E-state index in [-0.39, 0.29) is 23.5 Å². The van der Waals surface area contributed by atoms with Crippen LogP contribution in [0, 0.1) is 5.41 Å². The van der Waals surface area contributed by atoms with Crippen molar-refractivity contribution >= 4 is 17.7 Å². The highest BCUT2D eigenvalue weighted by Crippen LogP contribution is 2.20.